The van der Waals surface area contributed by atoms with E-state index in [2.05, 4.69) is 84.2 Å². The molecule has 4 heteroatoms. The lowest BCUT2D eigenvalue weighted by molar-refractivity contribution is 0.0638. The molecule has 0 saturated heterocycles. The maximum atomic E-state index is 10.6. The number of aliphatic hydroxyl groups excluding tert-OH is 1. The Hall–Kier alpha value is -3.08. The summed E-state index contributed by atoms with van der Waals surface area (Å²) >= 11 is 0. The highest BCUT2D eigenvalue weighted by Gasteiger charge is 2.18. The van der Waals surface area contributed by atoms with Crippen molar-refractivity contribution < 1.29 is 9.84 Å². The molecule has 0 fully saturated rings. The Balaban J connectivity index is 1.22. The van der Waals surface area contributed by atoms with E-state index in [4.69, 9.17) is 4.74 Å². The fourth-order valence-corrected chi connectivity index (χ4v) is 4.78. The zero-order valence-corrected chi connectivity index (χ0v) is 18.8. The maximum absolute atomic E-state index is 10.6. The Kier molecular flexibility index (Phi) is 5.73. The zero-order chi connectivity index (χ0) is 22.1. The first kappa shape index (κ1) is 20.8. The number of aromatic nitrogens is 1. The molecule has 1 aliphatic rings. The molecule has 1 aliphatic heterocycles. The highest BCUT2D eigenvalue weighted by molar-refractivity contribution is 5.88. The van der Waals surface area contributed by atoms with Gasteiger partial charge in [0.2, 0.25) is 0 Å². The van der Waals surface area contributed by atoms with Gasteiger partial charge in [-0.15, -0.1) is 0 Å². The normalized spacial score (nSPS) is 15.0. The second-order valence-electron chi connectivity index (χ2n) is 8.90. The van der Waals surface area contributed by atoms with Gasteiger partial charge in [0, 0.05) is 43.8 Å². The maximum Gasteiger partial charge on any atom is 0.120 e. The molecule has 2 heterocycles. The minimum Gasteiger partial charge on any atom is -0.491 e. The van der Waals surface area contributed by atoms with Gasteiger partial charge in [0.25, 0.3) is 0 Å². The van der Waals surface area contributed by atoms with Gasteiger partial charge in [0.05, 0.1) is 0 Å². The molecule has 0 radical (unpaired) electrons. The van der Waals surface area contributed by atoms with E-state index in [0.29, 0.717) is 6.54 Å². The summed E-state index contributed by atoms with van der Waals surface area (Å²) in [5, 5.41) is 11.9. The predicted molar refractivity (Wildman–Crippen MR) is 130 cm³/mol. The lowest BCUT2D eigenvalue weighted by Gasteiger charge is -2.30. The van der Waals surface area contributed by atoms with Crippen LogP contribution in [0.25, 0.3) is 22.0 Å². The molecule has 4 aromatic rings. The first-order valence-corrected chi connectivity index (χ1v) is 11.3. The Morgan fingerprint density at radius 1 is 0.969 bits per heavy atom. The second-order valence-corrected chi connectivity index (χ2v) is 8.90. The van der Waals surface area contributed by atoms with E-state index in [0.717, 1.165) is 36.4 Å². The van der Waals surface area contributed by atoms with Crippen molar-refractivity contribution in [3.63, 3.8) is 0 Å². The van der Waals surface area contributed by atoms with Gasteiger partial charge in [-0.05, 0) is 59.4 Å². The van der Waals surface area contributed by atoms with Gasteiger partial charge in [-0.25, -0.2) is 0 Å². The SMILES string of the molecule is Cc1cn(C)c2cc(-c3cccc(OCC(O)CN4CCc5ccccc5C4)c3)ccc12. The van der Waals surface area contributed by atoms with Gasteiger partial charge in [0.15, 0.2) is 0 Å². The Labute approximate surface area is 189 Å². The van der Waals surface area contributed by atoms with Crippen molar-refractivity contribution in [3.05, 3.63) is 89.6 Å². The van der Waals surface area contributed by atoms with Crippen LogP contribution in [0.3, 0.4) is 0 Å². The van der Waals surface area contributed by atoms with Gasteiger partial charge in [-0.3, -0.25) is 4.90 Å². The van der Waals surface area contributed by atoms with Crippen LogP contribution in [0.5, 0.6) is 5.75 Å². The van der Waals surface area contributed by atoms with Crippen molar-refractivity contribution in [3.8, 4) is 16.9 Å². The van der Waals surface area contributed by atoms with Crippen molar-refractivity contribution in [2.24, 2.45) is 7.05 Å². The largest absolute Gasteiger partial charge is 0.491 e. The molecular formula is C28H30N2O2. The molecule has 0 aliphatic carbocycles. The van der Waals surface area contributed by atoms with Crippen LogP contribution in [0.2, 0.25) is 0 Å². The molecule has 5 rings (SSSR count). The van der Waals surface area contributed by atoms with Gasteiger partial charge in [-0.2, -0.15) is 0 Å². The van der Waals surface area contributed by atoms with Crippen molar-refractivity contribution in [2.75, 3.05) is 19.7 Å². The summed E-state index contributed by atoms with van der Waals surface area (Å²) in [6, 6.07) is 23.3. The monoisotopic (exact) mass is 426 g/mol. The smallest absolute Gasteiger partial charge is 0.120 e. The molecule has 0 saturated carbocycles. The number of benzene rings is 3. The van der Waals surface area contributed by atoms with E-state index >= 15 is 0 Å². The number of β-amino-alcohol motifs (C(OH)–C–C–N with tert-alkyl or cyclic N) is 1. The van der Waals surface area contributed by atoms with E-state index in [9.17, 15) is 5.11 Å². The highest BCUT2D eigenvalue weighted by Crippen LogP contribution is 2.29. The van der Waals surface area contributed by atoms with E-state index < -0.39 is 6.10 Å². The topological polar surface area (TPSA) is 37.6 Å². The lowest BCUT2D eigenvalue weighted by Crippen LogP contribution is -2.38. The van der Waals surface area contributed by atoms with Crippen LogP contribution in [0.4, 0.5) is 0 Å². The minimum absolute atomic E-state index is 0.289. The van der Waals surface area contributed by atoms with E-state index in [1.165, 1.54) is 27.6 Å². The number of aryl methyl sites for hydroxylation is 2. The number of ether oxygens (including phenoxy) is 1. The lowest BCUT2D eigenvalue weighted by atomic mass is 10.00. The third-order valence-electron chi connectivity index (χ3n) is 6.48. The second kappa shape index (κ2) is 8.81. The summed E-state index contributed by atoms with van der Waals surface area (Å²) in [5.74, 6) is 0.786. The van der Waals surface area contributed by atoms with Crippen LogP contribution in [0, 0.1) is 6.92 Å². The van der Waals surface area contributed by atoms with Crippen molar-refractivity contribution in [2.45, 2.75) is 26.0 Å². The summed E-state index contributed by atoms with van der Waals surface area (Å²) in [5.41, 5.74) is 7.59. The third kappa shape index (κ3) is 4.29. The molecule has 164 valence electrons. The molecule has 0 spiro atoms. The van der Waals surface area contributed by atoms with Crippen LogP contribution in [0.15, 0.2) is 72.9 Å². The quantitative estimate of drug-likeness (QED) is 0.474. The molecule has 1 N–H and O–H groups in total. The highest BCUT2D eigenvalue weighted by atomic mass is 16.5. The molecule has 4 nitrogen and oxygen atoms in total. The number of hydrogen-bond acceptors (Lipinski definition) is 3. The Bertz CT molecular complexity index is 1240. The van der Waals surface area contributed by atoms with E-state index in [1.807, 2.05) is 12.1 Å². The molecule has 32 heavy (non-hydrogen) atoms. The first-order valence-electron chi connectivity index (χ1n) is 11.3. The van der Waals surface area contributed by atoms with Gasteiger partial charge >= 0.3 is 0 Å². The molecule has 0 bridgehead atoms. The number of aliphatic hydroxyl groups is 1. The fourth-order valence-electron chi connectivity index (χ4n) is 4.78. The van der Waals surface area contributed by atoms with Crippen molar-refractivity contribution >= 4 is 10.9 Å². The van der Waals surface area contributed by atoms with Gasteiger partial charge < -0.3 is 14.4 Å². The zero-order valence-electron chi connectivity index (χ0n) is 18.8. The van der Waals surface area contributed by atoms with Crippen LogP contribution in [-0.4, -0.2) is 40.4 Å². The molecule has 0 amide bonds. The Morgan fingerprint density at radius 3 is 2.66 bits per heavy atom. The summed E-state index contributed by atoms with van der Waals surface area (Å²) in [4.78, 5) is 2.31. The molecule has 1 aromatic heterocycles. The van der Waals surface area contributed by atoms with Crippen LogP contribution in [0.1, 0.15) is 16.7 Å². The molecular weight excluding hydrogens is 396 g/mol. The minimum atomic E-state index is -0.522. The number of fused-ring (bicyclic) bond motifs is 2. The average molecular weight is 427 g/mol. The van der Waals surface area contributed by atoms with Crippen molar-refractivity contribution in [1.29, 1.82) is 0 Å². The van der Waals surface area contributed by atoms with Crippen LogP contribution >= 0.6 is 0 Å². The number of nitrogens with zero attached hydrogens (tertiary/aromatic N) is 2. The average Bonchev–Trinajstić information content (AvgIpc) is 3.10. The first-order chi connectivity index (χ1) is 15.6. The van der Waals surface area contributed by atoms with Crippen LogP contribution in [-0.2, 0) is 20.0 Å². The summed E-state index contributed by atoms with van der Waals surface area (Å²) in [6.45, 7) is 4.92. The standard InChI is InChI=1S/C28H30N2O2/c1-20-16-29(2)28-15-23(10-11-27(20)28)22-8-5-9-26(14-22)32-19-25(31)18-30-13-12-21-6-3-4-7-24(21)17-30/h3-11,14-16,25,31H,12-13,17-19H2,1-2H3. The molecule has 3 aromatic carbocycles. The number of rotatable bonds is 6. The fraction of sp³-hybridized carbons (Fsp3) is 0.286. The molecule has 1 unspecified atom stereocenters. The number of hydrogen-bond donors (Lipinski definition) is 1. The summed E-state index contributed by atoms with van der Waals surface area (Å²) in [6.07, 6.45) is 2.68. The predicted octanol–water partition coefficient (Wildman–Crippen LogP) is 4.95. The van der Waals surface area contributed by atoms with E-state index in [-0.39, 0.29) is 6.61 Å². The molecule has 1 atom stereocenters. The summed E-state index contributed by atoms with van der Waals surface area (Å²) < 4.78 is 8.14. The van der Waals surface area contributed by atoms with Crippen LogP contribution < -0.4 is 4.74 Å². The van der Waals surface area contributed by atoms with E-state index in [1.54, 1.807) is 0 Å². The van der Waals surface area contributed by atoms with Crippen molar-refractivity contribution in [1.82, 2.24) is 9.47 Å². The Morgan fingerprint density at radius 2 is 1.78 bits per heavy atom. The summed E-state index contributed by atoms with van der Waals surface area (Å²) in [7, 11) is 2.08. The van der Waals surface area contributed by atoms with Gasteiger partial charge in [0.1, 0.15) is 18.5 Å². The third-order valence-corrected chi connectivity index (χ3v) is 6.48. The van der Waals surface area contributed by atoms with Gasteiger partial charge in [-0.1, -0.05) is 48.5 Å².